The summed E-state index contributed by atoms with van der Waals surface area (Å²) in [6.07, 6.45) is 1.18. The minimum Gasteiger partial charge on any atom is -0.382 e. The predicted molar refractivity (Wildman–Crippen MR) is 98.2 cm³/mol. The van der Waals surface area contributed by atoms with Crippen molar-refractivity contribution in [1.29, 1.82) is 0 Å². The molecule has 2 aromatic rings. The van der Waals surface area contributed by atoms with Gasteiger partial charge in [-0.1, -0.05) is 32.0 Å². The zero-order chi connectivity index (χ0) is 16.1. The van der Waals surface area contributed by atoms with Crippen LogP contribution in [0.3, 0.4) is 0 Å². The quantitative estimate of drug-likeness (QED) is 0.694. The van der Waals surface area contributed by atoms with Crippen LogP contribution in [-0.2, 0) is 0 Å². The fraction of sp³-hybridized carbons (Fsp3) is 0.400. The van der Waals surface area contributed by atoms with E-state index in [4.69, 9.17) is 0 Å². The molecule has 0 aromatic heterocycles. The van der Waals surface area contributed by atoms with Crippen molar-refractivity contribution in [3.05, 3.63) is 53.6 Å². The van der Waals surface area contributed by atoms with Gasteiger partial charge in [-0.05, 0) is 68.5 Å². The van der Waals surface area contributed by atoms with Gasteiger partial charge in [0.1, 0.15) is 0 Å². The van der Waals surface area contributed by atoms with Gasteiger partial charge in [-0.15, -0.1) is 0 Å². The molecule has 0 amide bonds. The maximum atomic E-state index is 3.62. The first kappa shape index (κ1) is 16.4. The molecule has 0 saturated carbocycles. The summed E-state index contributed by atoms with van der Waals surface area (Å²) in [5, 5.41) is 7.11. The highest BCUT2D eigenvalue weighted by atomic mass is 14.9. The first-order chi connectivity index (χ1) is 10.5. The van der Waals surface area contributed by atoms with Gasteiger partial charge < -0.3 is 10.6 Å². The Morgan fingerprint density at radius 2 is 1.59 bits per heavy atom. The predicted octanol–water partition coefficient (Wildman–Crippen LogP) is 5.89. The van der Waals surface area contributed by atoms with Crippen LogP contribution in [0.1, 0.15) is 38.3 Å². The molecule has 0 fully saturated rings. The third-order valence-corrected chi connectivity index (χ3v) is 3.88. The SMILES string of the molecule is Cc1ccccc1Nc1ccc(NC(C)CC(C)C)c(C)c1. The Labute approximate surface area is 135 Å². The van der Waals surface area contributed by atoms with E-state index in [1.807, 2.05) is 0 Å². The van der Waals surface area contributed by atoms with Crippen LogP contribution in [0.25, 0.3) is 0 Å². The third-order valence-electron chi connectivity index (χ3n) is 3.88. The summed E-state index contributed by atoms with van der Waals surface area (Å²) in [7, 11) is 0. The number of aryl methyl sites for hydroxylation is 2. The molecule has 2 N–H and O–H groups in total. The van der Waals surface area contributed by atoms with Crippen LogP contribution in [0, 0.1) is 19.8 Å². The largest absolute Gasteiger partial charge is 0.382 e. The van der Waals surface area contributed by atoms with E-state index in [1.54, 1.807) is 0 Å². The van der Waals surface area contributed by atoms with Gasteiger partial charge in [0.05, 0.1) is 0 Å². The van der Waals surface area contributed by atoms with Gasteiger partial charge in [0.15, 0.2) is 0 Å². The lowest BCUT2D eigenvalue weighted by atomic mass is 10.0. The lowest BCUT2D eigenvalue weighted by Gasteiger charge is -2.19. The highest BCUT2D eigenvalue weighted by molar-refractivity contribution is 5.67. The molecule has 0 aliphatic rings. The van der Waals surface area contributed by atoms with E-state index in [0.29, 0.717) is 12.0 Å². The average Bonchev–Trinajstić information content (AvgIpc) is 2.43. The topological polar surface area (TPSA) is 24.1 Å². The number of nitrogens with one attached hydrogen (secondary N) is 2. The van der Waals surface area contributed by atoms with Gasteiger partial charge >= 0.3 is 0 Å². The number of hydrogen-bond acceptors (Lipinski definition) is 2. The number of hydrogen-bond donors (Lipinski definition) is 2. The Morgan fingerprint density at radius 1 is 0.864 bits per heavy atom. The Balaban J connectivity index is 2.08. The number of anilines is 3. The fourth-order valence-electron chi connectivity index (χ4n) is 2.80. The molecule has 2 heteroatoms. The molecule has 0 radical (unpaired) electrons. The smallest absolute Gasteiger partial charge is 0.0413 e. The molecule has 2 aromatic carbocycles. The minimum atomic E-state index is 0.494. The lowest BCUT2D eigenvalue weighted by Crippen LogP contribution is -2.18. The van der Waals surface area contributed by atoms with Crippen molar-refractivity contribution < 1.29 is 0 Å². The van der Waals surface area contributed by atoms with E-state index in [-0.39, 0.29) is 0 Å². The van der Waals surface area contributed by atoms with Crippen molar-refractivity contribution in [3.63, 3.8) is 0 Å². The molecular weight excluding hydrogens is 268 g/mol. The van der Waals surface area contributed by atoms with Gasteiger partial charge in [0.25, 0.3) is 0 Å². The Kier molecular flexibility index (Phi) is 5.48. The molecule has 1 unspecified atom stereocenters. The molecule has 2 nitrogen and oxygen atoms in total. The van der Waals surface area contributed by atoms with E-state index >= 15 is 0 Å². The second kappa shape index (κ2) is 7.35. The van der Waals surface area contributed by atoms with Crippen LogP contribution in [0.15, 0.2) is 42.5 Å². The normalized spacial score (nSPS) is 12.3. The maximum Gasteiger partial charge on any atom is 0.0413 e. The first-order valence-corrected chi connectivity index (χ1v) is 8.15. The first-order valence-electron chi connectivity index (χ1n) is 8.15. The van der Waals surface area contributed by atoms with Crippen LogP contribution in [0.4, 0.5) is 17.1 Å². The zero-order valence-electron chi connectivity index (χ0n) is 14.4. The van der Waals surface area contributed by atoms with Crippen molar-refractivity contribution >= 4 is 17.1 Å². The van der Waals surface area contributed by atoms with Crippen molar-refractivity contribution in [2.45, 2.75) is 47.1 Å². The van der Waals surface area contributed by atoms with E-state index in [0.717, 1.165) is 11.4 Å². The van der Waals surface area contributed by atoms with E-state index < -0.39 is 0 Å². The maximum absolute atomic E-state index is 3.62. The van der Waals surface area contributed by atoms with Gasteiger partial charge in [0, 0.05) is 23.1 Å². The molecule has 0 saturated heterocycles. The molecule has 0 aliphatic heterocycles. The van der Waals surface area contributed by atoms with Gasteiger partial charge in [-0.2, -0.15) is 0 Å². The van der Waals surface area contributed by atoms with Crippen molar-refractivity contribution in [1.82, 2.24) is 0 Å². The Hall–Kier alpha value is -1.96. The molecule has 0 heterocycles. The molecule has 0 aliphatic carbocycles. The van der Waals surface area contributed by atoms with E-state index in [2.05, 4.69) is 87.7 Å². The summed E-state index contributed by atoms with van der Waals surface area (Å²) in [4.78, 5) is 0. The number of para-hydroxylation sites is 1. The molecule has 0 bridgehead atoms. The van der Waals surface area contributed by atoms with Crippen LogP contribution in [0.2, 0.25) is 0 Å². The fourth-order valence-corrected chi connectivity index (χ4v) is 2.80. The third kappa shape index (κ3) is 4.52. The van der Waals surface area contributed by atoms with Crippen LogP contribution >= 0.6 is 0 Å². The summed E-state index contributed by atoms with van der Waals surface area (Å²) in [6, 6.07) is 15.4. The van der Waals surface area contributed by atoms with Gasteiger partial charge in [-0.25, -0.2) is 0 Å². The molecule has 1 atom stereocenters. The minimum absolute atomic E-state index is 0.494. The molecule has 0 spiro atoms. The lowest BCUT2D eigenvalue weighted by molar-refractivity contribution is 0.539. The summed E-state index contributed by atoms with van der Waals surface area (Å²) >= 11 is 0. The zero-order valence-corrected chi connectivity index (χ0v) is 14.4. The van der Waals surface area contributed by atoms with Crippen LogP contribution in [0.5, 0.6) is 0 Å². The standard InChI is InChI=1S/C20H28N2/c1-14(2)12-17(5)21-20-11-10-18(13-16(20)4)22-19-9-7-6-8-15(19)3/h6-11,13-14,17,21-22H,12H2,1-5H3. The summed E-state index contributed by atoms with van der Waals surface area (Å²) in [5.74, 6) is 0.713. The van der Waals surface area contributed by atoms with Crippen LogP contribution < -0.4 is 10.6 Å². The second-order valence-corrected chi connectivity index (χ2v) is 6.64. The molecule has 2 rings (SSSR count). The van der Waals surface area contributed by atoms with Crippen molar-refractivity contribution in [2.24, 2.45) is 5.92 Å². The summed E-state index contributed by atoms with van der Waals surface area (Å²) < 4.78 is 0. The van der Waals surface area contributed by atoms with Crippen LogP contribution in [-0.4, -0.2) is 6.04 Å². The summed E-state index contributed by atoms with van der Waals surface area (Å²) in [6.45, 7) is 11.1. The second-order valence-electron chi connectivity index (χ2n) is 6.64. The van der Waals surface area contributed by atoms with Crippen molar-refractivity contribution in [3.8, 4) is 0 Å². The van der Waals surface area contributed by atoms with E-state index in [9.17, 15) is 0 Å². The van der Waals surface area contributed by atoms with Gasteiger partial charge in [0.2, 0.25) is 0 Å². The van der Waals surface area contributed by atoms with Crippen molar-refractivity contribution in [2.75, 3.05) is 10.6 Å². The summed E-state index contributed by atoms with van der Waals surface area (Å²) in [5.41, 5.74) is 6.05. The number of rotatable bonds is 6. The Bertz CT molecular complexity index is 617. The highest BCUT2D eigenvalue weighted by Gasteiger charge is 2.07. The highest BCUT2D eigenvalue weighted by Crippen LogP contribution is 2.25. The van der Waals surface area contributed by atoms with Gasteiger partial charge in [-0.3, -0.25) is 0 Å². The molecular formula is C20H28N2. The Morgan fingerprint density at radius 3 is 2.23 bits per heavy atom. The average molecular weight is 296 g/mol. The van der Waals surface area contributed by atoms with E-state index in [1.165, 1.54) is 23.2 Å². The molecule has 118 valence electrons. The number of benzene rings is 2. The molecule has 22 heavy (non-hydrogen) atoms. The monoisotopic (exact) mass is 296 g/mol.